The van der Waals surface area contributed by atoms with Gasteiger partial charge in [-0.25, -0.2) is 0 Å². The number of fused-ring (bicyclic) bond motifs is 1. The van der Waals surface area contributed by atoms with Gasteiger partial charge in [0.25, 0.3) is 5.91 Å². The summed E-state index contributed by atoms with van der Waals surface area (Å²) in [5, 5.41) is 9.93. The smallest absolute Gasteiger partial charge is 0.259 e. The van der Waals surface area contributed by atoms with Gasteiger partial charge in [-0.3, -0.25) is 9.59 Å². The number of H-pyrrole nitrogens is 1. The molecule has 2 N–H and O–H groups in total. The summed E-state index contributed by atoms with van der Waals surface area (Å²) in [6.07, 6.45) is 4.18. The van der Waals surface area contributed by atoms with Crippen LogP contribution in [0.1, 0.15) is 29.6 Å². The van der Waals surface area contributed by atoms with E-state index in [0.717, 1.165) is 24.8 Å². The van der Waals surface area contributed by atoms with E-state index >= 15 is 0 Å². The van der Waals surface area contributed by atoms with Gasteiger partial charge in [-0.1, -0.05) is 12.1 Å². The molecule has 21 heavy (non-hydrogen) atoms. The lowest BCUT2D eigenvalue weighted by molar-refractivity contribution is 0.0501. The van der Waals surface area contributed by atoms with Crippen LogP contribution in [0.4, 0.5) is 0 Å². The molecule has 1 aromatic carbocycles. The number of aliphatic hydroxyl groups excluding tert-OH is 1. The van der Waals surface area contributed by atoms with Gasteiger partial charge in [-0.05, 0) is 31.4 Å². The molecule has 3 rings (SSSR count). The van der Waals surface area contributed by atoms with Crippen molar-refractivity contribution in [3.8, 4) is 0 Å². The normalized spacial score (nSPS) is 18.9. The van der Waals surface area contributed by atoms with E-state index in [9.17, 15) is 14.7 Å². The standard InChI is InChI=1S/C16H18N2O3/c19-10-11-5-3-4-8-18(11)16(21)13-9-17-14-7-2-1-6-12(14)15(13)20/h1-2,6-7,9,11,19H,3-5,8,10H2,(H,17,20). The average molecular weight is 286 g/mol. The Labute approximate surface area is 122 Å². The highest BCUT2D eigenvalue weighted by atomic mass is 16.3. The minimum atomic E-state index is -0.291. The molecule has 110 valence electrons. The molecule has 1 aromatic heterocycles. The van der Waals surface area contributed by atoms with Crippen LogP contribution in [0.2, 0.25) is 0 Å². The zero-order chi connectivity index (χ0) is 14.8. The third-order valence-corrected chi connectivity index (χ3v) is 4.12. The topological polar surface area (TPSA) is 73.4 Å². The Morgan fingerprint density at radius 3 is 2.95 bits per heavy atom. The van der Waals surface area contributed by atoms with Crippen LogP contribution >= 0.6 is 0 Å². The Morgan fingerprint density at radius 2 is 2.14 bits per heavy atom. The van der Waals surface area contributed by atoms with Gasteiger partial charge in [-0.15, -0.1) is 0 Å². The summed E-state index contributed by atoms with van der Waals surface area (Å²) >= 11 is 0. The number of hydrogen-bond acceptors (Lipinski definition) is 3. The molecule has 1 aliphatic rings. The number of nitrogens with one attached hydrogen (secondary N) is 1. The number of carbonyl (C=O) groups is 1. The van der Waals surface area contributed by atoms with E-state index in [2.05, 4.69) is 4.98 Å². The monoisotopic (exact) mass is 286 g/mol. The summed E-state index contributed by atoms with van der Waals surface area (Å²) in [6, 6.07) is 6.96. The van der Waals surface area contributed by atoms with E-state index in [1.54, 1.807) is 17.0 Å². The average Bonchev–Trinajstić information content (AvgIpc) is 2.55. The molecule has 1 amide bonds. The lowest BCUT2D eigenvalue weighted by atomic mass is 10.0. The highest BCUT2D eigenvalue weighted by Gasteiger charge is 2.28. The van der Waals surface area contributed by atoms with Crippen molar-refractivity contribution >= 4 is 16.8 Å². The molecule has 1 saturated heterocycles. The van der Waals surface area contributed by atoms with Gasteiger partial charge in [0.15, 0.2) is 0 Å². The Morgan fingerprint density at radius 1 is 1.33 bits per heavy atom. The maximum Gasteiger partial charge on any atom is 0.259 e. The molecular formula is C16H18N2O3. The van der Waals surface area contributed by atoms with E-state index < -0.39 is 0 Å². The number of likely N-dealkylation sites (tertiary alicyclic amines) is 1. The third-order valence-electron chi connectivity index (χ3n) is 4.12. The third kappa shape index (κ3) is 2.45. The minimum absolute atomic E-state index is 0.0583. The highest BCUT2D eigenvalue weighted by Crippen LogP contribution is 2.19. The molecule has 1 unspecified atom stereocenters. The van der Waals surface area contributed by atoms with E-state index in [1.165, 1.54) is 6.20 Å². The quantitative estimate of drug-likeness (QED) is 0.879. The predicted molar refractivity (Wildman–Crippen MR) is 80.3 cm³/mol. The van der Waals surface area contributed by atoms with Crippen LogP contribution < -0.4 is 5.43 Å². The first-order valence-electron chi connectivity index (χ1n) is 7.24. The zero-order valence-electron chi connectivity index (χ0n) is 11.7. The first-order chi connectivity index (χ1) is 10.2. The number of benzene rings is 1. The molecule has 0 aliphatic carbocycles. The Bertz CT molecular complexity index is 723. The number of aromatic nitrogens is 1. The highest BCUT2D eigenvalue weighted by molar-refractivity contribution is 5.97. The van der Waals surface area contributed by atoms with Crippen LogP contribution in [-0.2, 0) is 0 Å². The molecule has 2 heterocycles. The van der Waals surface area contributed by atoms with Crippen LogP contribution in [0.25, 0.3) is 10.9 Å². The second-order valence-electron chi connectivity index (χ2n) is 5.41. The van der Waals surface area contributed by atoms with Crippen LogP contribution in [0.5, 0.6) is 0 Å². The van der Waals surface area contributed by atoms with Gasteiger partial charge in [0, 0.05) is 23.6 Å². The van der Waals surface area contributed by atoms with Gasteiger partial charge < -0.3 is 15.0 Å². The van der Waals surface area contributed by atoms with Gasteiger partial charge >= 0.3 is 0 Å². The van der Waals surface area contributed by atoms with Crippen LogP contribution in [0, 0.1) is 0 Å². The number of rotatable bonds is 2. The van der Waals surface area contributed by atoms with Crippen LogP contribution in [-0.4, -0.2) is 40.1 Å². The van der Waals surface area contributed by atoms with E-state index in [-0.39, 0.29) is 29.5 Å². The predicted octanol–water partition coefficient (Wildman–Crippen LogP) is 1.52. The summed E-state index contributed by atoms with van der Waals surface area (Å²) in [7, 11) is 0. The Balaban J connectivity index is 2.01. The summed E-state index contributed by atoms with van der Waals surface area (Å²) in [5.41, 5.74) is 0.613. The van der Waals surface area contributed by atoms with Crippen LogP contribution in [0.3, 0.4) is 0 Å². The number of para-hydroxylation sites is 1. The maximum absolute atomic E-state index is 12.6. The van der Waals surface area contributed by atoms with Crippen molar-refractivity contribution in [2.75, 3.05) is 13.2 Å². The van der Waals surface area contributed by atoms with Gasteiger partial charge in [0.05, 0.1) is 12.6 Å². The molecule has 1 atom stereocenters. The second-order valence-corrected chi connectivity index (χ2v) is 5.41. The van der Waals surface area contributed by atoms with Crippen molar-refractivity contribution in [2.45, 2.75) is 25.3 Å². The second kappa shape index (κ2) is 5.69. The van der Waals surface area contributed by atoms with Gasteiger partial charge in [0.2, 0.25) is 5.43 Å². The zero-order valence-corrected chi connectivity index (χ0v) is 11.7. The van der Waals surface area contributed by atoms with E-state index in [1.807, 2.05) is 12.1 Å². The maximum atomic E-state index is 12.6. The summed E-state index contributed by atoms with van der Waals surface area (Å²) in [4.78, 5) is 29.7. The summed E-state index contributed by atoms with van der Waals surface area (Å²) in [6.45, 7) is 0.535. The number of piperidine rings is 1. The molecule has 2 aromatic rings. The fourth-order valence-corrected chi connectivity index (χ4v) is 2.94. The lowest BCUT2D eigenvalue weighted by Gasteiger charge is -2.34. The molecular weight excluding hydrogens is 268 g/mol. The molecule has 5 nitrogen and oxygen atoms in total. The molecule has 0 bridgehead atoms. The fraction of sp³-hybridized carbons (Fsp3) is 0.375. The summed E-state index contributed by atoms with van der Waals surface area (Å²) < 4.78 is 0. The number of aromatic amines is 1. The molecule has 0 saturated carbocycles. The number of hydrogen-bond donors (Lipinski definition) is 2. The minimum Gasteiger partial charge on any atom is -0.394 e. The number of pyridine rings is 1. The van der Waals surface area contributed by atoms with Crippen molar-refractivity contribution in [3.63, 3.8) is 0 Å². The Hall–Kier alpha value is -2.14. The molecule has 5 heteroatoms. The largest absolute Gasteiger partial charge is 0.394 e. The first kappa shape index (κ1) is 13.8. The van der Waals surface area contributed by atoms with Crippen molar-refractivity contribution in [3.05, 3.63) is 46.2 Å². The van der Waals surface area contributed by atoms with Crippen LogP contribution in [0.15, 0.2) is 35.3 Å². The van der Waals surface area contributed by atoms with Crippen molar-refractivity contribution < 1.29 is 9.90 Å². The lowest BCUT2D eigenvalue weighted by Crippen LogP contribution is -2.46. The molecule has 0 radical (unpaired) electrons. The Kier molecular flexibility index (Phi) is 3.75. The molecule has 1 aliphatic heterocycles. The first-order valence-corrected chi connectivity index (χ1v) is 7.24. The number of nitrogens with zero attached hydrogens (tertiary/aromatic N) is 1. The molecule has 1 fully saturated rings. The number of carbonyl (C=O) groups excluding carboxylic acids is 1. The molecule has 0 spiro atoms. The van der Waals surface area contributed by atoms with Crippen molar-refractivity contribution in [1.82, 2.24) is 9.88 Å². The SMILES string of the molecule is O=C(c1c[nH]c2ccccc2c1=O)N1CCCCC1CO. The van der Waals surface area contributed by atoms with Gasteiger partial charge in [0.1, 0.15) is 5.56 Å². The fourth-order valence-electron chi connectivity index (χ4n) is 2.94. The number of aliphatic hydroxyl groups is 1. The summed E-state index contributed by atoms with van der Waals surface area (Å²) in [5.74, 6) is -0.291. The number of amides is 1. The van der Waals surface area contributed by atoms with Crippen molar-refractivity contribution in [2.24, 2.45) is 0 Å². The van der Waals surface area contributed by atoms with E-state index in [0.29, 0.717) is 11.9 Å². The van der Waals surface area contributed by atoms with Crippen molar-refractivity contribution in [1.29, 1.82) is 0 Å². The van der Waals surface area contributed by atoms with E-state index in [4.69, 9.17) is 0 Å². The van der Waals surface area contributed by atoms with Gasteiger partial charge in [-0.2, -0.15) is 0 Å².